The minimum absolute atomic E-state index is 0.282. The molecule has 1 heterocycles. The van der Waals surface area contributed by atoms with Gasteiger partial charge in [0.05, 0.1) is 15.7 Å². The number of anilines is 1. The van der Waals surface area contributed by atoms with E-state index in [4.69, 9.17) is 23.2 Å². The van der Waals surface area contributed by atoms with Crippen LogP contribution in [0.3, 0.4) is 0 Å². The Labute approximate surface area is 121 Å². The summed E-state index contributed by atoms with van der Waals surface area (Å²) in [5.74, 6) is 0.264. The number of halogens is 3. The fourth-order valence-electron chi connectivity index (χ4n) is 1.70. The minimum atomic E-state index is -0.282. The van der Waals surface area contributed by atoms with Crippen molar-refractivity contribution in [2.24, 2.45) is 0 Å². The maximum Gasteiger partial charge on any atom is 0.145 e. The maximum atomic E-state index is 13.6. The van der Waals surface area contributed by atoms with Crippen LogP contribution in [-0.2, 0) is 0 Å². The van der Waals surface area contributed by atoms with Crippen LogP contribution in [0.4, 0.5) is 10.2 Å². The second-order valence-electron chi connectivity index (χ2n) is 4.14. The van der Waals surface area contributed by atoms with Crippen molar-refractivity contribution in [3.8, 4) is 11.3 Å². The van der Waals surface area contributed by atoms with Crippen molar-refractivity contribution in [3.05, 3.63) is 45.7 Å². The Morgan fingerprint density at radius 1 is 1.21 bits per heavy atom. The van der Waals surface area contributed by atoms with E-state index in [0.29, 0.717) is 39.2 Å². The van der Waals surface area contributed by atoms with E-state index in [2.05, 4.69) is 10.3 Å². The third-order valence-corrected chi connectivity index (χ3v) is 3.30. The van der Waals surface area contributed by atoms with Crippen molar-refractivity contribution < 1.29 is 4.39 Å². The van der Waals surface area contributed by atoms with E-state index in [1.807, 2.05) is 6.92 Å². The first kappa shape index (κ1) is 14.1. The van der Waals surface area contributed by atoms with Crippen molar-refractivity contribution in [3.63, 3.8) is 0 Å². The van der Waals surface area contributed by atoms with Gasteiger partial charge in [-0.05, 0) is 31.5 Å². The molecule has 1 N–H and O–H groups in total. The van der Waals surface area contributed by atoms with Gasteiger partial charge in [-0.15, -0.1) is 0 Å². The van der Waals surface area contributed by atoms with Crippen LogP contribution < -0.4 is 5.32 Å². The van der Waals surface area contributed by atoms with Crippen LogP contribution in [0.2, 0.25) is 10.0 Å². The van der Waals surface area contributed by atoms with Crippen molar-refractivity contribution in [1.29, 1.82) is 0 Å². The Balaban J connectivity index is 2.54. The highest BCUT2D eigenvalue weighted by molar-refractivity contribution is 6.37. The van der Waals surface area contributed by atoms with Crippen molar-refractivity contribution in [1.82, 2.24) is 4.98 Å². The third-order valence-electron chi connectivity index (χ3n) is 2.72. The molecule has 0 aliphatic carbocycles. The van der Waals surface area contributed by atoms with Gasteiger partial charge in [-0.3, -0.25) is 0 Å². The molecule has 0 atom stereocenters. The summed E-state index contributed by atoms with van der Waals surface area (Å²) >= 11 is 12.2. The monoisotopic (exact) mass is 298 g/mol. The van der Waals surface area contributed by atoms with Crippen LogP contribution in [0.5, 0.6) is 0 Å². The molecule has 5 heteroatoms. The quantitative estimate of drug-likeness (QED) is 0.868. The summed E-state index contributed by atoms with van der Waals surface area (Å²) in [4.78, 5) is 4.36. The molecule has 0 aliphatic rings. The predicted octanol–water partition coefficient (Wildman–Crippen LogP) is 4.93. The van der Waals surface area contributed by atoms with Gasteiger partial charge in [0.2, 0.25) is 0 Å². The average molecular weight is 299 g/mol. The SMILES string of the molecule is CCNc1nc(-c2ccc(C)c(F)c2)c(Cl)cc1Cl. The molecule has 0 unspecified atom stereocenters. The van der Waals surface area contributed by atoms with E-state index < -0.39 is 0 Å². The summed E-state index contributed by atoms with van der Waals surface area (Å²) in [6.07, 6.45) is 0. The molecule has 2 nitrogen and oxygen atoms in total. The zero-order valence-electron chi connectivity index (χ0n) is 10.6. The molecule has 19 heavy (non-hydrogen) atoms. The van der Waals surface area contributed by atoms with Crippen LogP contribution >= 0.6 is 23.2 Å². The fraction of sp³-hybridized carbons (Fsp3) is 0.214. The number of benzene rings is 1. The van der Waals surface area contributed by atoms with Gasteiger partial charge >= 0.3 is 0 Å². The number of rotatable bonds is 3. The molecule has 1 aromatic heterocycles. The molecular weight excluding hydrogens is 286 g/mol. The van der Waals surface area contributed by atoms with Crippen LogP contribution in [0, 0.1) is 12.7 Å². The van der Waals surface area contributed by atoms with E-state index in [1.54, 1.807) is 25.1 Å². The highest BCUT2D eigenvalue weighted by atomic mass is 35.5. The van der Waals surface area contributed by atoms with Crippen molar-refractivity contribution >= 4 is 29.0 Å². The van der Waals surface area contributed by atoms with Gasteiger partial charge in [-0.2, -0.15) is 0 Å². The zero-order valence-corrected chi connectivity index (χ0v) is 12.1. The summed E-state index contributed by atoms with van der Waals surface area (Å²) in [6, 6.07) is 6.52. The molecule has 0 radical (unpaired) electrons. The van der Waals surface area contributed by atoms with E-state index in [1.165, 1.54) is 6.07 Å². The van der Waals surface area contributed by atoms with Gasteiger partial charge in [-0.1, -0.05) is 35.3 Å². The number of pyridine rings is 1. The molecular formula is C14H13Cl2FN2. The highest BCUT2D eigenvalue weighted by Crippen LogP contribution is 2.32. The lowest BCUT2D eigenvalue weighted by molar-refractivity contribution is 0.619. The molecule has 0 spiro atoms. The standard InChI is InChI=1S/C14H13Cl2FN2/c1-3-18-14-11(16)7-10(15)13(19-14)9-5-4-8(2)12(17)6-9/h4-7H,3H2,1-2H3,(H,18,19). The van der Waals surface area contributed by atoms with Gasteiger partial charge in [0.1, 0.15) is 11.6 Å². The second-order valence-corrected chi connectivity index (χ2v) is 4.96. The maximum absolute atomic E-state index is 13.6. The summed E-state index contributed by atoms with van der Waals surface area (Å²) < 4.78 is 13.6. The van der Waals surface area contributed by atoms with Gasteiger partial charge in [0.25, 0.3) is 0 Å². The van der Waals surface area contributed by atoms with Crippen LogP contribution in [-0.4, -0.2) is 11.5 Å². The molecule has 0 aliphatic heterocycles. The first-order chi connectivity index (χ1) is 9.02. The lowest BCUT2D eigenvalue weighted by Crippen LogP contribution is -2.01. The van der Waals surface area contributed by atoms with Crippen molar-refractivity contribution in [2.75, 3.05) is 11.9 Å². The molecule has 0 amide bonds. The smallest absolute Gasteiger partial charge is 0.145 e. The third kappa shape index (κ3) is 2.99. The van der Waals surface area contributed by atoms with Crippen molar-refractivity contribution in [2.45, 2.75) is 13.8 Å². The van der Waals surface area contributed by atoms with Gasteiger partial charge in [0.15, 0.2) is 0 Å². The topological polar surface area (TPSA) is 24.9 Å². The normalized spacial score (nSPS) is 10.6. The Hall–Kier alpha value is -1.32. The number of aryl methyl sites for hydroxylation is 1. The summed E-state index contributed by atoms with van der Waals surface area (Å²) in [7, 11) is 0. The number of hydrogen-bond donors (Lipinski definition) is 1. The molecule has 0 saturated heterocycles. The number of nitrogens with zero attached hydrogens (tertiary/aromatic N) is 1. The number of hydrogen-bond acceptors (Lipinski definition) is 2. The van der Waals surface area contributed by atoms with Gasteiger partial charge in [0, 0.05) is 12.1 Å². The first-order valence-electron chi connectivity index (χ1n) is 5.89. The molecule has 0 saturated carbocycles. The van der Waals surface area contributed by atoms with E-state index in [9.17, 15) is 4.39 Å². The summed E-state index contributed by atoms with van der Waals surface area (Å²) in [6.45, 7) is 4.34. The van der Waals surface area contributed by atoms with E-state index in [-0.39, 0.29) is 5.82 Å². The number of nitrogens with one attached hydrogen (secondary N) is 1. The van der Waals surface area contributed by atoms with E-state index >= 15 is 0 Å². The average Bonchev–Trinajstić information content (AvgIpc) is 2.36. The molecule has 2 aromatic rings. The fourth-order valence-corrected chi connectivity index (χ4v) is 2.24. The van der Waals surface area contributed by atoms with Gasteiger partial charge in [-0.25, -0.2) is 9.37 Å². The highest BCUT2D eigenvalue weighted by Gasteiger charge is 2.12. The van der Waals surface area contributed by atoms with Crippen LogP contribution in [0.1, 0.15) is 12.5 Å². The summed E-state index contributed by atoms with van der Waals surface area (Å²) in [5, 5.41) is 3.89. The lowest BCUT2D eigenvalue weighted by Gasteiger charge is -2.10. The Morgan fingerprint density at radius 3 is 2.58 bits per heavy atom. The summed E-state index contributed by atoms with van der Waals surface area (Å²) in [5.41, 5.74) is 1.73. The molecule has 2 rings (SSSR count). The Bertz CT molecular complexity index is 615. The molecule has 0 fully saturated rings. The Kier molecular flexibility index (Phi) is 4.27. The molecule has 1 aromatic carbocycles. The van der Waals surface area contributed by atoms with Gasteiger partial charge < -0.3 is 5.32 Å². The number of aromatic nitrogens is 1. The first-order valence-corrected chi connectivity index (χ1v) is 6.65. The predicted molar refractivity (Wildman–Crippen MR) is 78.6 cm³/mol. The molecule has 0 bridgehead atoms. The largest absolute Gasteiger partial charge is 0.369 e. The van der Waals surface area contributed by atoms with Crippen LogP contribution in [0.25, 0.3) is 11.3 Å². The zero-order chi connectivity index (χ0) is 14.0. The molecule has 100 valence electrons. The van der Waals surface area contributed by atoms with Crippen LogP contribution in [0.15, 0.2) is 24.3 Å². The minimum Gasteiger partial charge on any atom is -0.369 e. The lowest BCUT2D eigenvalue weighted by atomic mass is 10.1. The van der Waals surface area contributed by atoms with E-state index in [0.717, 1.165) is 0 Å². The Morgan fingerprint density at radius 2 is 1.95 bits per heavy atom. The second kappa shape index (κ2) is 5.76.